The number of carbonyl (C=O) groups excluding carboxylic acids is 1. The summed E-state index contributed by atoms with van der Waals surface area (Å²) < 4.78 is 74.2. The summed E-state index contributed by atoms with van der Waals surface area (Å²) >= 11 is 0. The molecule has 0 radical (unpaired) electrons. The van der Waals surface area contributed by atoms with E-state index in [0.717, 1.165) is 30.1 Å². The molecule has 1 aliphatic rings. The normalized spacial score (nSPS) is 16.8. The van der Waals surface area contributed by atoms with Crippen molar-refractivity contribution in [2.24, 2.45) is 5.92 Å². The van der Waals surface area contributed by atoms with Crippen molar-refractivity contribution in [3.8, 4) is 5.75 Å². The van der Waals surface area contributed by atoms with Crippen molar-refractivity contribution in [1.29, 1.82) is 0 Å². The molecule has 9 nitrogen and oxygen atoms in total. The highest BCUT2D eigenvalue weighted by Gasteiger charge is 2.41. The van der Waals surface area contributed by atoms with Crippen molar-refractivity contribution < 1.29 is 31.1 Å². The molecule has 13 heteroatoms. The van der Waals surface area contributed by atoms with Gasteiger partial charge in [-0.15, -0.1) is 0 Å². The van der Waals surface area contributed by atoms with Crippen molar-refractivity contribution in [2.45, 2.75) is 44.8 Å². The number of methoxy groups -OCH3 is 1. The molecule has 1 heterocycles. The van der Waals surface area contributed by atoms with E-state index in [4.69, 9.17) is 4.74 Å². The van der Waals surface area contributed by atoms with Gasteiger partial charge in [0.2, 0.25) is 16.0 Å². The maximum atomic E-state index is 14.2. The summed E-state index contributed by atoms with van der Waals surface area (Å²) in [6, 6.07) is 9.93. The van der Waals surface area contributed by atoms with Gasteiger partial charge in [-0.25, -0.2) is 18.4 Å². The SMILES string of the molecule is COc1cc(C(=O)CCCN(C)C)c(C)cc1Nc1ncc(C(F)(F)F)c(C[C@@H]2Cc3ccccc3[C@H]2N(C)S(C)(=O)=O)n1. The van der Waals surface area contributed by atoms with Crippen LogP contribution in [0, 0.1) is 12.8 Å². The van der Waals surface area contributed by atoms with E-state index >= 15 is 0 Å². The first-order valence-corrected chi connectivity index (χ1v) is 16.0. The van der Waals surface area contributed by atoms with E-state index in [9.17, 15) is 26.4 Å². The van der Waals surface area contributed by atoms with Crippen LogP contribution < -0.4 is 10.1 Å². The second-order valence-corrected chi connectivity index (χ2v) is 13.5. The number of benzene rings is 2. The van der Waals surface area contributed by atoms with E-state index in [-0.39, 0.29) is 23.8 Å². The average molecular weight is 634 g/mol. The van der Waals surface area contributed by atoms with Gasteiger partial charge in [-0.1, -0.05) is 24.3 Å². The van der Waals surface area contributed by atoms with Crippen LogP contribution >= 0.6 is 0 Å². The number of aryl methyl sites for hydroxylation is 1. The zero-order valence-corrected chi connectivity index (χ0v) is 26.5. The fraction of sp³-hybridized carbons (Fsp3) is 0.452. The second-order valence-electron chi connectivity index (χ2n) is 11.5. The Labute approximate surface area is 256 Å². The van der Waals surface area contributed by atoms with Crippen molar-refractivity contribution in [2.75, 3.05) is 46.4 Å². The summed E-state index contributed by atoms with van der Waals surface area (Å²) in [7, 11) is 3.11. The summed E-state index contributed by atoms with van der Waals surface area (Å²) in [4.78, 5) is 23.1. The Morgan fingerprint density at radius 2 is 1.86 bits per heavy atom. The van der Waals surface area contributed by atoms with Crippen LogP contribution in [0.5, 0.6) is 5.75 Å². The molecule has 0 spiro atoms. The molecule has 0 aliphatic heterocycles. The average Bonchev–Trinajstić information content (AvgIpc) is 3.29. The number of fused-ring (bicyclic) bond motifs is 1. The zero-order chi connectivity index (χ0) is 32.4. The van der Waals surface area contributed by atoms with Crippen molar-refractivity contribution in [3.05, 3.63) is 76.1 Å². The number of nitrogens with zero attached hydrogens (tertiary/aromatic N) is 4. The smallest absolute Gasteiger partial charge is 0.419 e. The number of hydrogen-bond donors (Lipinski definition) is 1. The van der Waals surface area contributed by atoms with Crippen LogP contribution in [0.2, 0.25) is 0 Å². The van der Waals surface area contributed by atoms with Gasteiger partial charge in [-0.3, -0.25) is 4.79 Å². The van der Waals surface area contributed by atoms with Gasteiger partial charge in [-0.2, -0.15) is 17.5 Å². The molecular formula is C31H38F3N5O4S. The summed E-state index contributed by atoms with van der Waals surface area (Å²) in [5.41, 5.74) is 1.99. The molecule has 2 atom stereocenters. The van der Waals surface area contributed by atoms with Gasteiger partial charge in [0.05, 0.1) is 36.4 Å². The number of sulfonamides is 1. The van der Waals surface area contributed by atoms with Gasteiger partial charge in [0.1, 0.15) is 5.75 Å². The van der Waals surface area contributed by atoms with Gasteiger partial charge in [0.15, 0.2) is 5.78 Å². The zero-order valence-electron chi connectivity index (χ0n) is 25.7. The lowest BCUT2D eigenvalue weighted by Gasteiger charge is -2.29. The van der Waals surface area contributed by atoms with Crippen LogP contribution in [-0.4, -0.2) is 74.4 Å². The lowest BCUT2D eigenvalue weighted by atomic mass is 9.93. The number of rotatable bonds is 12. The van der Waals surface area contributed by atoms with Crippen LogP contribution in [-0.2, 0) is 29.0 Å². The quantitative estimate of drug-likeness (QED) is 0.264. The van der Waals surface area contributed by atoms with E-state index in [1.54, 1.807) is 25.1 Å². The number of ether oxygens (including phenoxy) is 1. The molecule has 0 fully saturated rings. The van der Waals surface area contributed by atoms with Crippen molar-refractivity contribution >= 4 is 27.4 Å². The molecule has 1 aliphatic carbocycles. The maximum Gasteiger partial charge on any atom is 0.419 e. The monoisotopic (exact) mass is 633 g/mol. The molecule has 0 saturated heterocycles. The number of halogens is 3. The molecule has 0 unspecified atom stereocenters. The van der Waals surface area contributed by atoms with E-state index in [0.29, 0.717) is 41.8 Å². The standard InChI is InChI=1S/C31H38F3N5O4S/c1-19-14-26(28(43-5)17-23(19)27(40)12-9-13-38(2)3)37-30-35-18-24(31(32,33)34)25(36-30)16-21-15-20-10-7-8-11-22(20)29(21)39(4)44(6,41)42/h7-8,10-11,14,17-18,21,29H,9,12-13,15-16H2,1-6H3,(H,35,36,37)/t21-,29-/m0/s1. The number of nitrogens with one attached hydrogen (secondary N) is 1. The van der Waals surface area contributed by atoms with Gasteiger partial charge in [0.25, 0.3) is 0 Å². The summed E-state index contributed by atoms with van der Waals surface area (Å²) in [6.07, 6.45) is -1.59. The van der Waals surface area contributed by atoms with E-state index in [1.807, 2.05) is 37.2 Å². The first-order valence-electron chi connectivity index (χ1n) is 14.2. The number of carbonyl (C=O) groups is 1. The van der Waals surface area contributed by atoms with Gasteiger partial charge >= 0.3 is 6.18 Å². The van der Waals surface area contributed by atoms with Gasteiger partial charge in [-0.05, 0) is 81.6 Å². The highest BCUT2D eigenvalue weighted by atomic mass is 32.2. The van der Waals surface area contributed by atoms with Crippen LogP contribution in [0.3, 0.4) is 0 Å². The third-order valence-corrected chi connectivity index (χ3v) is 9.22. The fourth-order valence-electron chi connectivity index (χ4n) is 5.72. The maximum absolute atomic E-state index is 14.2. The Balaban J connectivity index is 1.66. The molecule has 0 amide bonds. The van der Waals surface area contributed by atoms with Crippen molar-refractivity contribution in [1.82, 2.24) is 19.2 Å². The van der Waals surface area contributed by atoms with Crippen LogP contribution in [0.15, 0.2) is 42.6 Å². The summed E-state index contributed by atoms with van der Waals surface area (Å²) in [5.74, 6) is -0.295. The molecule has 4 rings (SSSR count). The Morgan fingerprint density at radius 1 is 1.16 bits per heavy atom. The second kappa shape index (κ2) is 13.2. The predicted molar refractivity (Wildman–Crippen MR) is 163 cm³/mol. The molecular weight excluding hydrogens is 595 g/mol. The van der Waals surface area contributed by atoms with Crippen LogP contribution in [0.4, 0.5) is 24.8 Å². The van der Waals surface area contributed by atoms with Gasteiger partial charge in [0, 0.05) is 25.2 Å². The molecule has 238 valence electrons. The molecule has 2 aromatic carbocycles. The molecule has 1 N–H and O–H groups in total. The highest BCUT2D eigenvalue weighted by molar-refractivity contribution is 7.88. The molecule has 44 heavy (non-hydrogen) atoms. The molecule has 0 bridgehead atoms. The number of hydrogen-bond acceptors (Lipinski definition) is 8. The highest BCUT2D eigenvalue weighted by Crippen LogP contribution is 2.43. The predicted octanol–water partition coefficient (Wildman–Crippen LogP) is 5.43. The molecule has 1 aromatic heterocycles. The largest absolute Gasteiger partial charge is 0.495 e. The number of ketones is 1. The van der Waals surface area contributed by atoms with Crippen LogP contribution in [0.25, 0.3) is 0 Å². The van der Waals surface area contributed by atoms with E-state index in [2.05, 4.69) is 15.3 Å². The Morgan fingerprint density at radius 3 is 2.50 bits per heavy atom. The third kappa shape index (κ3) is 7.56. The lowest BCUT2D eigenvalue weighted by Crippen LogP contribution is -2.34. The third-order valence-electron chi connectivity index (χ3n) is 7.95. The van der Waals surface area contributed by atoms with E-state index in [1.165, 1.54) is 18.5 Å². The molecule has 3 aromatic rings. The van der Waals surface area contributed by atoms with Gasteiger partial charge < -0.3 is 15.0 Å². The first-order chi connectivity index (χ1) is 20.6. The van der Waals surface area contributed by atoms with E-state index < -0.39 is 33.7 Å². The Kier molecular flexibility index (Phi) is 10.0. The topological polar surface area (TPSA) is 105 Å². The minimum atomic E-state index is -4.72. The number of alkyl halides is 3. The fourth-order valence-corrected chi connectivity index (χ4v) is 6.42. The lowest BCUT2D eigenvalue weighted by molar-refractivity contribution is -0.138. The minimum absolute atomic E-state index is 0.0338. The number of Topliss-reactive ketones (excluding diaryl/α,β-unsaturated/α-hetero) is 1. The minimum Gasteiger partial charge on any atom is -0.495 e. The summed E-state index contributed by atoms with van der Waals surface area (Å²) in [6.45, 7) is 2.55. The van der Waals surface area contributed by atoms with Crippen molar-refractivity contribution in [3.63, 3.8) is 0 Å². The summed E-state index contributed by atoms with van der Waals surface area (Å²) in [5, 5.41) is 2.97. The Hall–Kier alpha value is -3.55. The number of aromatic nitrogens is 2. The molecule has 0 saturated carbocycles. The number of anilines is 2. The van der Waals surface area contributed by atoms with Crippen LogP contribution in [0.1, 0.15) is 57.2 Å². The Bertz CT molecular complexity index is 1630. The first kappa shape index (κ1) is 33.3.